The average Bonchev–Trinajstić information content (AvgIpc) is 3.27. The molecule has 3 aliphatic carbocycles. The molecule has 1 nitrogen and oxygen atoms in total. The molecule has 0 amide bonds. The SMILES string of the molecule is C=C(C1=C(CC)CCC=C1)/C1=C(\C=C/C)c2cc(C)cc(c2-c2ccc3c(c2)C(C)(C)CCC3(C)C)N(c2cc3c(cc2C)C(C)(C)CCC3(C)C)c2ccc(-c3ccccc3)cc21. The molecule has 0 atom stereocenters. The highest BCUT2D eigenvalue weighted by atomic mass is 15.2. The fraction of sp³-hybridized carbons (Fsp3) is 0.365. The van der Waals surface area contributed by atoms with Crippen molar-refractivity contribution in [3.05, 3.63) is 183 Å². The summed E-state index contributed by atoms with van der Waals surface area (Å²) in [6.07, 6.45) is 17.2. The summed E-state index contributed by atoms with van der Waals surface area (Å²) in [4.78, 5) is 2.67. The second-order valence-electron chi connectivity index (χ2n) is 22.2. The first-order valence-electron chi connectivity index (χ1n) is 24.3. The van der Waals surface area contributed by atoms with Crippen LogP contribution in [0.4, 0.5) is 17.1 Å². The van der Waals surface area contributed by atoms with Crippen LogP contribution in [0.5, 0.6) is 0 Å². The molecule has 1 aliphatic heterocycles. The summed E-state index contributed by atoms with van der Waals surface area (Å²) in [5, 5.41) is 0. The van der Waals surface area contributed by atoms with E-state index in [1.807, 2.05) is 0 Å². The van der Waals surface area contributed by atoms with Gasteiger partial charge in [-0.25, -0.2) is 0 Å². The zero-order valence-corrected chi connectivity index (χ0v) is 41.1. The van der Waals surface area contributed by atoms with E-state index in [2.05, 4.69) is 203 Å². The smallest absolute Gasteiger partial charge is 0.0549 e. The molecule has 9 rings (SSSR count). The van der Waals surface area contributed by atoms with Crippen molar-refractivity contribution in [2.45, 2.75) is 150 Å². The summed E-state index contributed by atoms with van der Waals surface area (Å²) < 4.78 is 0. The fourth-order valence-corrected chi connectivity index (χ4v) is 11.8. The highest BCUT2D eigenvalue weighted by Crippen LogP contribution is 2.57. The van der Waals surface area contributed by atoms with E-state index in [1.54, 1.807) is 0 Å². The van der Waals surface area contributed by atoms with Crippen LogP contribution in [0.3, 0.4) is 0 Å². The molecule has 0 saturated heterocycles. The lowest BCUT2D eigenvalue weighted by molar-refractivity contribution is 0.332. The minimum absolute atomic E-state index is 0.0439. The number of rotatable bonds is 7. The van der Waals surface area contributed by atoms with Gasteiger partial charge in [0.1, 0.15) is 0 Å². The Morgan fingerprint density at radius 2 is 1.25 bits per heavy atom. The predicted octanol–water partition coefficient (Wildman–Crippen LogP) is 18.2. The first-order valence-corrected chi connectivity index (χ1v) is 24.3. The Hall–Kier alpha value is -5.40. The van der Waals surface area contributed by atoms with Crippen molar-refractivity contribution in [2.24, 2.45) is 0 Å². The lowest BCUT2D eigenvalue weighted by Gasteiger charge is -2.44. The summed E-state index contributed by atoms with van der Waals surface area (Å²) in [6.45, 7) is 33.9. The van der Waals surface area contributed by atoms with Gasteiger partial charge in [-0.05, 0) is 190 Å². The van der Waals surface area contributed by atoms with Gasteiger partial charge in [0.25, 0.3) is 0 Å². The Bertz CT molecular complexity index is 2840. The van der Waals surface area contributed by atoms with Crippen LogP contribution in [0.2, 0.25) is 0 Å². The van der Waals surface area contributed by atoms with Crippen LogP contribution < -0.4 is 4.90 Å². The number of hydrogen-bond acceptors (Lipinski definition) is 1. The first kappa shape index (κ1) is 43.8. The lowest BCUT2D eigenvalue weighted by Crippen LogP contribution is -2.34. The van der Waals surface area contributed by atoms with Crippen molar-refractivity contribution in [3.8, 4) is 22.3 Å². The Morgan fingerprint density at radius 1 is 0.625 bits per heavy atom. The number of aryl methyl sites for hydroxylation is 2. The Labute approximate surface area is 386 Å². The standard InChI is InChI=1S/C63H71N/c1-14-21-48-49-34-40(3)35-57(59(49)46-26-28-51-53(38-46)62(10,11)31-30-60(51,6)7)64(56-39-54-52(36-41(56)4)61(8,9)32-33-63(54,12)13)55-29-27-45(44-23-17-16-18-24-44)37-50(55)58(48)42(5)47-25-20-19-22-43(47)15-2/h14,16-18,20-21,23-29,34-39H,5,15,19,22,30-33H2,1-4,6-13H3/b21-14-,58-48-. The summed E-state index contributed by atoms with van der Waals surface area (Å²) in [5.74, 6) is 0. The molecule has 328 valence electrons. The lowest BCUT2D eigenvalue weighted by atomic mass is 9.62. The molecule has 0 unspecified atom stereocenters. The van der Waals surface area contributed by atoms with Crippen LogP contribution in [0.25, 0.3) is 33.4 Å². The number of fused-ring (bicyclic) bond motifs is 5. The summed E-state index contributed by atoms with van der Waals surface area (Å²) >= 11 is 0. The van der Waals surface area contributed by atoms with Gasteiger partial charge in [0.15, 0.2) is 0 Å². The van der Waals surface area contributed by atoms with E-state index in [9.17, 15) is 0 Å². The van der Waals surface area contributed by atoms with Crippen molar-refractivity contribution in [2.75, 3.05) is 4.90 Å². The first-order chi connectivity index (χ1) is 30.4. The average molecular weight is 842 g/mol. The fourth-order valence-electron chi connectivity index (χ4n) is 11.8. The molecule has 5 aromatic carbocycles. The largest absolute Gasteiger partial charge is 0.309 e. The van der Waals surface area contributed by atoms with Crippen molar-refractivity contribution in [3.63, 3.8) is 0 Å². The number of anilines is 3. The van der Waals surface area contributed by atoms with Gasteiger partial charge in [0, 0.05) is 16.8 Å². The highest BCUT2D eigenvalue weighted by molar-refractivity contribution is 6.13. The van der Waals surface area contributed by atoms with E-state index >= 15 is 0 Å². The van der Waals surface area contributed by atoms with Crippen molar-refractivity contribution in [1.29, 1.82) is 0 Å². The third-order valence-electron chi connectivity index (χ3n) is 15.9. The zero-order chi connectivity index (χ0) is 45.5. The zero-order valence-electron chi connectivity index (χ0n) is 41.1. The molecule has 0 radical (unpaired) electrons. The maximum absolute atomic E-state index is 5.15. The van der Waals surface area contributed by atoms with Gasteiger partial charge < -0.3 is 4.90 Å². The van der Waals surface area contributed by atoms with Gasteiger partial charge in [-0.2, -0.15) is 0 Å². The van der Waals surface area contributed by atoms with Gasteiger partial charge in [0.05, 0.1) is 11.4 Å². The Morgan fingerprint density at radius 3 is 1.91 bits per heavy atom. The van der Waals surface area contributed by atoms with Gasteiger partial charge in [0.2, 0.25) is 0 Å². The normalized spacial score (nSPS) is 20.3. The third-order valence-corrected chi connectivity index (χ3v) is 15.9. The van der Waals surface area contributed by atoms with Crippen LogP contribution in [0, 0.1) is 13.8 Å². The highest BCUT2D eigenvalue weighted by Gasteiger charge is 2.41. The van der Waals surface area contributed by atoms with Gasteiger partial charge in [-0.3, -0.25) is 0 Å². The molecule has 0 N–H and O–H groups in total. The van der Waals surface area contributed by atoms with E-state index in [0.717, 1.165) is 31.3 Å². The quantitative estimate of drug-likeness (QED) is 0.158. The third kappa shape index (κ3) is 7.32. The minimum Gasteiger partial charge on any atom is -0.309 e. The molecule has 64 heavy (non-hydrogen) atoms. The van der Waals surface area contributed by atoms with E-state index < -0.39 is 0 Å². The molecule has 0 spiro atoms. The molecular weight excluding hydrogens is 771 g/mol. The molecule has 0 saturated carbocycles. The van der Waals surface area contributed by atoms with Crippen molar-refractivity contribution >= 4 is 28.2 Å². The van der Waals surface area contributed by atoms with Crippen LogP contribution >= 0.6 is 0 Å². The predicted molar refractivity (Wildman–Crippen MR) is 279 cm³/mol. The van der Waals surface area contributed by atoms with E-state index in [1.165, 1.54) is 125 Å². The molecule has 2 bridgehead atoms. The van der Waals surface area contributed by atoms with E-state index in [0.29, 0.717) is 0 Å². The summed E-state index contributed by atoms with van der Waals surface area (Å²) in [5.41, 5.74) is 26.2. The molecular formula is C63H71N. The molecule has 0 aromatic heterocycles. The van der Waals surface area contributed by atoms with Gasteiger partial charge >= 0.3 is 0 Å². The van der Waals surface area contributed by atoms with Gasteiger partial charge in [-0.15, -0.1) is 0 Å². The minimum atomic E-state index is 0.0439. The van der Waals surface area contributed by atoms with E-state index in [-0.39, 0.29) is 21.7 Å². The number of benzene rings is 5. The van der Waals surface area contributed by atoms with Crippen LogP contribution in [0.1, 0.15) is 159 Å². The van der Waals surface area contributed by atoms with Crippen LogP contribution in [-0.2, 0) is 21.7 Å². The number of hydrogen-bond donors (Lipinski definition) is 0. The second-order valence-corrected chi connectivity index (χ2v) is 22.2. The summed E-state index contributed by atoms with van der Waals surface area (Å²) in [6, 6.07) is 35.8. The maximum Gasteiger partial charge on any atom is 0.0549 e. The Kier molecular flexibility index (Phi) is 10.9. The van der Waals surface area contributed by atoms with Crippen LogP contribution in [-0.4, -0.2) is 0 Å². The Balaban J connectivity index is 1.48. The number of allylic oxidation sites excluding steroid dienone is 9. The summed E-state index contributed by atoms with van der Waals surface area (Å²) in [7, 11) is 0. The monoisotopic (exact) mass is 842 g/mol. The van der Waals surface area contributed by atoms with Crippen LogP contribution in [0.15, 0.2) is 139 Å². The molecule has 4 aliphatic rings. The maximum atomic E-state index is 5.15. The van der Waals surface area contributed by atoms with Crippen molar-refractivity contribution in [1.82, 2.24) is 0 Å². The molecule has 1 heterocycles. The topological polar surface area (TPSA) is 3.24 Å². The molecule has 0 fully saturated rings. The molecule has 1 heteroatoms. The van der Waals surface area contributed by atoms with Gasteiger partial charge in [-0.1, -0.05) is 165 Å². The van der Waals surface area contributed by atoms with E-state index in [4.69, 9.17) is 6.58 Å². The molecule has 5 aromatic rings. The second kappa shape index (κ2) is 15.9. The number of nitrogens with zero attached hydrogens (tertiary/aromatic N) is 1. The van der Waals surface area contributed by atoms with Crippen molar-refractivity contribution < 1.29 is 0 Å².